The Balaban J connectivity index is 1.31. The molecule has 0 spiro atoms. The van der Waals surface area contributed by atoms with Crippen molar-refractivity contribution < 1.29 is 23.8 Å². The first-order valence-electron chi connectivity index (χ1n) is 13.4. The molecule has 7 nitrogen and oxygen atoms in total. The Morgan fingerprint density at radius 3 is 2.58 bits per heavy atom. The number of allylic oxidation sites excluding steroid dienone is 1. The summed E-state index contributed by atoms with van der Waals surface area (Å²) in [6.07, 6.45) is 4.24. The molecular formula is C33H30N2O5. The van der Waals surface area contributed by atoms with E-state index in [4.69, 9.17) is 19.2 Å². The molecule has 6 rings (SSSR count). The first kappa shape index (κ1) is 25.6. The van der Waals surface area contributed by atoms with Crippen molar-refractivity contribution in [3.05, 3.63) is 94.7 Å². The van der Waals surface area contributed by atoms with Crippen molar-refractivity contribution >= 4 is 40.1 Å². The molecule has 202 valence electrons. The van der Waals surface area contributed by atoms with Crippen LogP contribution in [0.25, 0.3) is 22.6 Å². The van der Waals surface area contributed by atoms with Gasteiger partial charge in [-0.05, 0) is 78.8 Å². The summed E-state index contributed by atoms with van der Waals surface area (Å²) in [6, 6.07) is 21.2. The lowest BCUT2D eigenvalue weighted by Crippen LogP contribution is -2.38. The predicted octanol–water partition coefficient (Wildman–Crippen LogP) is 5.87. The van der Waals surface area contributed by atoms with Gasteiger partial charge >= 0.3 is 5.97 Å². The van der Waals surface area contributed by atoms with Crippen molar-refractivity contribution in [3.63, 3.8) is 0 Å². The molecule has 0 saturated carbocycles. The summed E-state index contributed by atoms with van der Waals surface area (Å²) in [5, 5.41) is 0.728. The molecule has 1 aromatic heterocycles. The summed E-state index contributed by atoms with van der Waals surface area (Å²) in [4.78, 5) is 33.5. The monoisotopic (exact) mass is 534 g/mol. The predicted molar refractivity (Wildman–Crippen MR) is 155 cm³/mol. The number of esters is 1. The number of aromatic nitrogens is 1. The molecule has 1 aliphatic carbocycles. The van der Waals surface area contributed by atoms with Crippen LogP contribution in [0.2, 0.25) is 0 Å². The van der Waals surface area contributed by atoms with E-state index in [-0.39, 0.29) is 18.6 Å². The second-order valence-electron chi connectivity index (χ2n) is 10.1. The van der Waals surface area contributed by atoms with E-state index < -0.39 is 5.97 Å². The maximum Gasteiger partial charge on any atom is 0.339 e. The van der Waals surface area contributed by atoms with Crippen LogP contribution in [0, 0.1) is 0 Å². The average molecular weight is 535 g/mol. The van der Waals surface area contributed by atoms with Crippen molar-refractivity contribution in [1.82, 2.24) is 4.98 Å². The average Bonchev–Trinajstić information content (AvgIpc) is 3.53. The number of fused-ring (bicyclic) bond motifs is 3. The van der Waals surface area contributed by atoms with Crippen molar-refractivity contribution in [3.8, 4) is 11.5 Å². The number of hydrogen-bond acceptors (Lipinski definition) is 6. The molecule has 40 heavy (non-hydrogen) atoms. The highest BCUT2D eigenvalue weighted by molar-refractivity contribution is 6.08. The van der Waals surface area contributed by atoms with Gasteiger partial charge in [0.05, 0.1) is 31.0 Å². The van der Waals surface area contributed by atoms with Crippen LogP contribution in [-0.4, -0.2) is 43.7 Å². The van der Waals surface area contributed by atoms with E-state index in [1.54, 1.807) is 19.1 Å². The van der Waals surface area contributed by atoms with Gasteiger partial charge in [-0.2, -0.15) is 0 Å². The highest BCUT2D eigenvalue weighted by atomic mass is 16.5. The van der Waals surface area contributed by atoms with Crippen molar-refractivity contribution in [1.29, 1.82) is 0 Å². The molecule has 0 radical (unpaired) electrons. The highest BCUT2D eigenvalue weighted by Crippen LogP contribution is 2.39. The summed E-state index contributed by atoms with van der Waals surface area (Å²) in [5.41, 5.74) is 6.82. The molecule has 1 amide bonds. The first-order valence-corrected chi connectivity index (χ1v) is 13.4. The summed E-state index contributed by atoms with van der Waals surface area (Å²) in [5.74, 6) is 0.572. The van der Waals surface area contributed by atoms with E-state index in [9.17, 15) is 9.59 Å². The van der Waals surface area contributed by atoms with Crippen molar-refractivity contribution in [2.75, 3.05) is 25.7 Å². The maximum atomic E-state index is 13.6. The fourth-order valence-corrected chi connectivity index (χ4v) is 5.87. The number of nitrogens with zero attached hydrogens (tertiary/aromatic N) is 2. The minimum atomic E-state index is -0.504. The number of rotatable bonds is 6. The molecule has 1 aliphatic heterocycles. The molecule has 3 aromatic carbocycles. The molecule has 2 aliphatic rings. The second-order valence-corrected chi connectivity index (χ2v) is 10.1. The van der Waals surface area contributed by atoms with E-state index in [0.717, 1.165) is 51.9 Å². The number of hydrogen-bond donors (Lipinski definition) is 0. The fourth-order valence-electron chi connectivity index (χ4n) is 5.87. The van der Waals surface area contributed by atoms with Crippen LogP contribution in [0.4, 0.5) is 5.69 Å². The number of carbonyl (C=O) groups excluding carboxylic acids is 2. The SMILES string of the molecule is COc1ccc(/C=C2\CCc3c2nc2ccccc2c3C(=O)OCC(=O)N2c3ccccc3CC2C)cc1OC. The second kappa shape index (κ2) is 10.5. The van der Waals surface area contributed by atoms with Crippen LogP contribution in [0.1, 0.15) is 46.1 Å². The third kappa shape index (κ3) is 4.47. The highest BCUT2D eigenvalue weighted by Gasteiger charge is 2.32. The van der Waals surface area contributed by atoms with E-state index in [1.165, 1.54) is 0 Å². The number of benzene rings is 3. The van der Waals surface area contributed by atoms with Gasteiger partial charge in [0.25, 0.3) is 5.91 Å². The third-order valence-electron chi connectivity index (χ3n) is 7.70. The van der Waals surface area contributed by atoms with Gasteiger partial charge in [0, 0.05) is 17.1 Å². The Labute approximate surface area is 233 Å². The Morgan fingerprint density at radius 1 is 0.975 bits per heavy atom. The molecule has 2 heterocycles. The van der Waals surface area contributed by atoms with E-state index in [0.29, 0.717) is 29.0 Å². The number of amides is 1. The van der Waals surface area contributed by atoms with Gasteiger partial charge in [0.1, 0.15) is 0 Å². The summed E-state index contributed by atoms with van der Waals surface area (Å²) in [7, 11) is 3.22. The number of methoxy groups -OCH3 is 2. The maximum absolute atomic E-state index is 13.6. The zero-order chi connectivity index (χ0) is 27.8. The van der Waals surface area contributed by atoms with Gasteiger partial charge in [-0.1, -0.05) is 42.5 Å². The molecule has 7 heteroatoms. The Hall–Kier alpha value is -4.65. The van der Waals surface area contributed by atoms with Crippen LogP contribution in [0.5, 0.6) is 11.5 Å². The third-order valence-corrected chi connectivity index (χ3v) is 7.70. The molecule has 4 aromatic rings. The standard InChI is InChI=1S/C33H30N2O5/c1-20-16-22-8-4-7-11-27(22)35(20)30(36)19-40-33(37)31-24-9-5-6-10-26(24)34-32-23(13-14-25(31)32)17-21-12-15-28(38-2)29(18-21)39-3/h4-12,15,17-18,20H,13-14,16,19H2,1-3H3/b23-17+. The van der Waals surface area contributed by atoms with Gasteiger partial charge in [-0.25, -0.2) is 9.78 Å². The zero-order valence-corrected chi connectivity index (χ0v) is 22.8. The number of ether oxygens (including phenoxy) is 3. The molecule has 0 fully saturated rings. The Kier molecular flexibility index (Phi) is 6.72. The Morgan fingerprint density at radius 2 is 1.75 bits per heavy atom. The van der Waals surface area contributed by atoms with E-state index in [1.807, 2.05) is 73.7 Å². The topological polar surface area (TPSA) is 78.0 Å². The minimum absolute atomic E-state index is 0.0129. The van der Waals surface area contributed by atoms with Crippen LogP contribution >= 0.6 is 0 Å². The number of carbonyl (C=O) groups is 2. The molecule has 0 N–H and O–H groups in total. The van der Waals surface area contributed by atoms with E-state index in [2.05, 4.69) is 6.08 Å². The van der Waals surface area contributed by atoms with Gasteiger partial charge in [-0.3, -0.25) is 4.79 Å². The Bertz CT molecular complexity index is 1680. The first-order chi connectivity index (χ1) is 19.5. The van der Waals surface area contributed by atoms with Crippen LogP contribution in [0.15, 0.2) is 66.7 Å². The van der Waals surface area contributed by atoms with Crippen molar-refractivity contribution in [2.45, 2.75) is 32.2 Å². The molecule has 0 bridgehead atoms. The lowest BCUT2D eigenvalue weighted by atomic mass is 10.0. The summed E-state index contributed by atoms with van der Waals surface area (Å²) in [6.45, 7) is 1.69. The summed E-state index contributed by atoms with van der Waals surface area (Å²) >= 11 is 0. The van der Waals surface area contributed by atoms with Gasteiger partial charge < -0.3 is 19.1 Å². The van der Waals surface area contributed by atoms with Crippen LogP contribution in [-0.2, 0) is 22.4 Å². The lowest BCUT2D eigenvalue weighted by Gasteiger charge is -2.22. The number of pyridine rings is 1. The lowest BCUT2D eigenvalue weighted by molar-refractivity contribution is -0.122. The zero-order valence-electron chi connectivity index (χ0n) is 22.8. The fraction of sp³-hybridized carbons (Fsp3) is 0.242. The molecule has 1 atom stereocenters. The normalized spacial score (nSPS) is 16.6. The quantitative estimate of drug-likeness (QED) is 0.288. The minimum Gasteiger partial charge on any atom is -0.493 e. The number of anilines is 1. The molecule has 0 saturated heterocycles. The van der Waals surface area contributed by atoms with Gasteiger partial charge in [-0.15, -0.1) is 0 Å². The molecule has 1 unspecified atom stereocenters. The van der Waals surface area contributed by atoms with Crippen molar-refractivity contribution in [2.24, 2.45) is 0 Å². The van der Waals surface area contributed by atoms with Gasteiger partial charge in [0.2, 0.25) is 0 Å². The summed E-state index contributed by atoms with van der Waals surface area (Å²) < 4.78 is 16.5. The van der Waals surface area contributed by atoms with Crippen LogP contribution in [0.3, 0.4) is 0 Å². The largest absolute Gasteiger partial charge is 0.493 e. The van der Waals surface area contributed by atoms with E-state index >= 15 is 0 Å². The van der Waals surface area contributed by atoms with Crippen LogP contribution < -0.4 is 14.4 Å². The number of para-hydroxylation sites is 2. The molecular weight excluding hydrogens is 504 g/mol. The smallest absolute Gasteiger partial charge is 0.339 e. The van der Waals surface area contributed by atoms with Gasteiger partial charge in [0.15, 0.2) is 18.1 Å².